The molecule has 0 aliphatic carbocycles. The molecule has 0 atom stereocenters. The highest BCUT2D eigenvalue weighted by Crippen LogP contribution is 2.46. The first-order chi connectivity index (χ1) is 29.0. The molecule has 9 nitrogen and oxygen atoms in total. The van der Waals surface area contributed by atoms with Crippen LogP contribution in [0.25, 0.3) is 93.6 Å². The first-order valence-electron chi connectivity index (χ1n) is 18.3. The number of fused-ring (bicyclic) bond motifs is 3. The van der Waals surface area contributed by atoms with E-state index in [1.807, 2.05) is 109 Å². The Morgan fingerprint density at radius 2 is 0.949 bits per heavy atom. The van der Waals surface area contributed by atoms with Crippen LogP contribution in [0, 0.1) is 47.1 Å². The zero-order valence-electron chi connectivity index (χ0n) is 31.0. The van der Waals surface area contributed by atoms with Gasteiger partial charge in [0.05, 0.1) is 59.2 Å². The molecule has 7 aromatic carbocycles. The van der Waals surface area contributed by atoms with E-state index in [4.69, 9.17) is 28.1 Å². The minimum atomic E-state index is 0.263. The molecule has 0 radical (unpaired) electrons. The zero-order chi connectivity index (χ0) is 40.5. The molecule has 0 amide bonds. The third-order valence-electron chi connectivity index (χ3n) is 10.2. The number of rotatable bonds is 6. The summed E-state index contributed by atoms with van der Waals surface area (Å²) in [7, 11) is 0. The molecule has 0 N–H and O–H groups in total. The lowest BCUT2D eigenvalue weighted by molar-refractivity contribution is 1.07. The second-order valence-electron chi connectivity index (χ2n) is 13.6. The Kier molecular flexibility index (Phi) is 8.90. The fourth-order valence-corrected chi connectivity index (χ4v) is 7.49. The molecule has 0 unspecified atom stereocenters. The highest BCUT2D eigenvalue weighted by atomic mass is 15.0. The molecule has 0 aliphatic rings. The van der Waals surface area contributed by atoms with E-state index in [0.717, 1.165) is 32.9 Å². The maximum Gasteiger partial charge on any atom is 0.188 e. The van der Waals surface area contributed by atoms with Gasteiger partial charge in [0.2, 0.25) is 0 Å². The fourth-order valence-electron chi connectivity index (χ4n) is 7.49. The van der Waals surface area contributed by atoms with Crippen molar-refractivity contribution in [1.82, 2.24) is 19.5 Å². The van der Waals surface area contributed by atoms with Crippen LogP contribution in [0.5, 0.6) is 0 Å². The van der Waals surface area contributed by atoms with Crippen LogP contribution in [-0.4, -0.2) is 19.5 Å². The molecular weight excluding hydrogens is 727 g/mol. The predicted molar refractivity (Wildman–Crippen MR) is 228 cm³/mol. The smallest absolute Gasteiger partial charge is 0.188 e. The van der Waals surface area contributed by atoms with Crippen molar-refractivity contribution in [3.05, 3.63) is 191 Å². The van der Waals surface area contributed by atoms with Crippen molar-refractivity contribution < 1.29 is 0 Å². The largest absolute Gasteiger partial charge is 0.308 e. The van der Waals surface area contributed by atoms with Crippen LogP contribution in [0.15, 0.2) is 152 Å². The second-order valence-corrected chi connectivity index (χ2v) is 13.6. The number of nitrogens with zero attached hydrogens (tertiary/aromatic N) is 9. The van der Waals surface area contributed by atoms with Gasteiger partial charge >= 0.3 is 0 Å². The highest BCUT2D eigenvalue weighted by molar-refractivity contribution is 6.12. The molecule has 0 bridgehead atoms. The Balaban J connectivity index is 1.48. The first-order valence-corrected chi connectivity index (χ1v) is 18.3. The number of hydrogen-bond donors (Lipinski definition) is 0. The van der Waals surface area contributed by atoms with Crippen molar-refractivity contribution in [1.29, 1.82) is 15.8 Å². The molecule has 0 saturated heterocycles. The van der Waals surface area contributed by atoms with Crippen LogP contribution in [-0.2, 0) is 0 Å². The maximum absolute atomic E-state index is 10.7. The minimum absolute atomic E-state index is 0.263. The molecule has 270 valence electrons. The third-order valence-corrected chi connectivity index (χ3v) is 10.2. The molecule has 2 aromatic heterocycles. The van der Waals surface area contributed by atoms with Crippen molar-refractivity contribution in [3.8, 4) is 80.3 Å². The Labute approximate surface area is 338 Å². The summed E-state index contributed by atoms with van der Waals surface area (Å²) in [5.74, 6) is 1.25. The Bertz CT molecular complexity index is 3230. The van der Waals surface area contributed by atoms with Gasteiger partial charge in [-0.2, -0.15) is 15.8 Å². The summed E-state index contributed by atoms with van der Waals surface area (Å²) in [5, 5.41) is 32.9. The summed E-state index contributed by atoms with van der Waals surface area (Å²) in [6, 6.07) is 53.4. The minimum Gasteiger partial charge on any atom is -0.308 e. The van der Waals surface area contributed by atoms with Crippen LogP contribution in [0.4, 0.5) is 11.4 Å². The molecule has 0 fully saturated rings. The van der Waals surface area contributed by atoms with Crippen molar-refractivity contribution in [2.24, 2.45) is 0 Å². The fraction of sp³-hybridized carbons (Fsp3) is 0. The summed E-state index contributed by atoms with van der Waals surface area (Å²) in [6.45, 7) is 15.5. The number of nitriles is 3. The highest BCUT2D eigenvalue weighted by Gasteiger charge is 2.25. The summed E-state index contributed by atoms with van der Waals surface area (Å²) < 4.78 is 2.09. The number of hydrogen-bond acceptors (Lipinski definition) is 6. The van der Waals surface area contributed by atoms with Crippen LogP contribution >= 0.6 is 0 Å². The van der Waals surface area contributed by atoms with Crippen LogP contribution in [0.2, 0.25) is 0 Å². The molecule has 9 heteroatoms. The SMILES string of the molecule is [C-]#[N+]c1ccc(-c2cc(-c3nc(-c4ccccc4)nc(-c4ccccc4)n3)cc(-c3ccc(C#N)cc3C#N)c2-n2c3ccccc3c3cc([N+]#[C-])ccc32)c(C#N)c1. The van der Waals surface area contributed by atoms with Crippen LogP contribution in [0.3, 0.4) is 0 Å². The monoisotopic (exact) mass is 751 g/mol. The van der Waals surface area contributed by atoms with Gasteiger partial charge in [-0.05, 0) is 59.5 Å². The van der Waals surface area contributed by atoms with E-state index in [0.29, 0.717) is 67.9 Å². The van der Waals surface area contributed by atoms with Crippen LogP contribution < -0.4 is 0 Å². The normalized spacial score (nSPS) is 10.6. The standard InChI is InChI=1S/C50H25N9/c1-54-37-18-21-40(36(24-37)30-53)44-26-34(50-57-48(32-11-5-3-6-12-32)56-49(58-50)33-13-7-4-8-14-33)25-43(39-20-17-31(28-51)23-35(39)29-52)47(44)59-45-16-10-9-15-41(45)42-27-38(55-2)19-22-46(42)59/h3-27H. The lowest BCUT2D eigenvalue weighted by Gasteiger charge is -2.22. The van der Waals surface area contributed by atoms with Gasteiger partial charge in [-0.3, -0.25) is 0 Å². The second kappa shape index (κ2) is 14.8. The molecule has 59 heavy (non-hydrogen) atoms. The van der Waals surface area contributed by atoms with Gasteiger partial charge in [-0.1, -0.05) is 103 Å². The van der Waals surface area contributed by atoms with E-state index in [1.54, 1.807) is 42.5 Å². The van der Waals surface area contributed by atoms with E-state index in [1.165, 1.54) is 0 Å². The lowest BCUT2D eigenvalue weighted by atomic mass is 9.88. The molecule has 0 spiro atoms. The average Bonchev–Trinajstić information content (AvgIpc) is 3.64. The van der Waals surface area contributed by atoms with Crippen LogP contribution in [0.1, 0.15) is 16.7 Å². The van der Waals surface area contributed by atoms with Gasteiger partial charge in [0.15, 0.2) is 28.8 Å². The summed E-state index contributed by atoms with van der Waals surface area (Å²) in [6.07, 6.45) is 0. The Hall–Kier alpha value is -9.20. The topological polar surface area (TPSA) is 124 Å². The molecule has 9 rings (SSSR count). The summed E-state index contributed by atoms with van der Waals surface area (Å²) in [5.41, 5.74) is 8.28. The maximum atomic E-state index is 10.7. The molecule has 0 saturated carbocycles. The summed E-state index contributed by atoms with van der Waals surface area (Å²) in [4.78, 5) is 22.3. The predicted octanol–water partition coefficient (Wildman–Crippen LogP) is 12.0. The van der Waals surface area contributed by atoms with Gasteiger partial charge in [-0.15, -0.1) is 0 Å². The van der Waals surface area contributed by atoms with Crippen molar-refractivity contribution in [3.63, 3.8) is 0 Å². The van der Waals surface area contributed by atoms with Crippen molar-refractivity contribution in [2.45, 2.75) is 0 Å². The van der Waals surface area contributed by atoms with Gasteiger partial charge in [0, 0.05) is 44.3 Å². The average molecular weight is 752 g/mol. The molecule has 2 heterocycles. The summed E-state index contributed by atoms with van der Waals surface area (Å²) >= 11 is 0. The van der Waals surface area contributed by atoms with Crippen molar-refractivity contribution >= 4 is 33.2 Å². The van der Waals surface area contributed by atoms with Gasteiger partial charge < -0.3 is 4.57 Å². The van der Waals surface area contributed by atoms with E-state index in [9.17, 15) is 15.8 Å². The van der Waals surface area contributed by atoms with Crippen molar-refractivity contribution in [2.75, 3.05) is 0 Å². The number of para-hydroxylation sites is 1. The van der Waals surface area contributed by atoms with Gasteiger partial charge in [0.25, 0.3) is 0 Å². The number of benzene rings is 7. The van der Waals surface area contributed by atoms with E-state index in [2.05, 4.69) is 32.5 Å². The Morgan fingerprint density at radius 1 is 0.441 bits per heavy atom. The first kappa shape index (κ1) is 35.5. The number of aromatic nitrogens is 4. The Morgan fingerprint density at radius 3 is 1.54 bits per heavy atom. The van der Waals surface area contributed by atoms with E-state index < -0.39 is 0 Å². The molecule has 0 aliphatic heterocycles. The van der Waals surface area contributed by atoms with E-state index >= 15 is 0 Å². The molecule has 9 aromatic rings. The van der Waals surface area contributed by atoms with Gasteiger partial charge in [0.1, 0.15) is 0 Å². The third kappa shape index (κ3) is 6.25. The quantitative estimate of drug-likeness (QED) is 0.156. The zero-order valence-corrected chi connectivity index (χ0v) is 31.0. The van der Waals surface area contributed by atoms with E-state index in [-0.39, 0.29) is 11.1 Å². The molecular formula is C50H25N9. The van der Waals surface area contributed by atoms with Gasteiger partial charge in [-0.25, -0.2) is 24.6 Å². The lowest BCUT2D eigenvalue weighted by Crippen LogP contribution is -2.05.